The Labute approximate surface area is 150 Å². The third-order valence-corrected chi connectivity index (χ3v) is 3.98. The standard InChI is InChI=1S/C11H18F2IO9P/c1-7(2)22-9(15)18-5-20-24(17,11(4,12)13)21-6-19-10(16)23-8(3)14/h7-8H,5-6H2,1-4H3. The van der Waals surface area contributed by atoms with Crippen molar-refractivity contribution in [1.29, 1.82) is 0 Å². The molecule has 0 amide bonds. The van der Waals surface area contributed by atoms with Gasteiger partial charge in [0.05, 0.1) is 6.10 Å². The highest BCUT2D eigenvalue weighted by atomic mass is 127. The van der Waals surface area contributed by atoms with E-state index in [1.807, 2.05) is 0 Å². The number of ether oxygens (including phenoxy) is 4. The predicted molar refractivity (Wildman–Crippen MR) is 83.9 cm³/mol. The lowest BCUT2D eigenvalue weighted by Crippen LogP contribution is -2.21. The third-order valence-electron chi connectivity index (χ3n) is 1.87. The van der Waals surface area contributed by atoms with Gasteiger partial charge >= 0.3 is 25.6 Å². The number of rotatable bonds is 9. The van der Waals surface area contributed by atoms with E-state index < -0.39 is 49.4 Å². The smallest absolute Gasteiger partial charge is 0.432 e. The topological polar surface area (TPSA) is 107 Å². The number of carbonyl (C=O) groups excluding carboxylic acids is 2. The minimum Gasteiger partial charge on any atom is -0.432 e. The first-order chi connectivity index (χ1) is 10.9. The zero-order valence-corrected chi connectivity index (χ0v) is 16.4. The Bertz CT molecular complexity index is 435. The highest BCUT2D eigenvalue weighted by Crippen LogP contribution is 2.61. The Morgan fingerprint density at radius 2 is 1.46 bits per heavy atom. The molecule has 0 N–H and O–H groups in total. The molecule has 9 nitrogen and oxygen atoms in total. The molecule has 0 aliphatic rings. The van der Waals surface area contributed by atoms with Crippen molar-refractivity contribution < 1.29 is 50.9 Å². The minimum atomic E-state index is -5.08. The van der Waals surface area contributed by atoms with Gasteiger partial charge in [-0.25, -0.2) is 9.59 Å². The van der Waals surface area contributed by atoms with Gasteiger partial charge in [-0.2, -0.15) is 8.78 Å². The van der Waals surface area contributed by atoms with Gasteiger partial charge in [-0.1, -0.05) is 0 Å². The van der Waals surface area contributed by atoms with E-state index in [0.29, 0.717) is 0 Å². The number of alkyl halides is 3. The summed E-state index contributed by atoms with van der Waals surface area (Å²) in [5.41, 5.74) is -3.94. The number of halogens is 3. The molecule has 2 unspecified atom stereocenters. The molecule has 0 aliphatic heterocycles. The summed E-state index contributed by atoms with van der Waals surface area (Å²) in [6.45, 7) is 2.63. The first-order valence-corrected chi connectivity index (χ1v) is 9.24. The van der Waals surface area contributed by atoms with E-state index in [1.165, 1.54) is 20.8 Å². The van der Waals surface area contributed by atoms with Crippen LogP contribution in [-0.2, 0) is 32.6 Å². The lowest BCUT2D eigenvalue weighted by atomic mass is 10.5. The van der Waals surface area contributed by atoms with Gasteiger partial charge in [0.2, 0.25) is 13.6 Å². The van der Waals surface area contributed by atoms with Gasteiger partial charge in [0, 0.05) is 6.92 Å². The molecule has 2 atom stereocenters. The zero-order chi connectivity index (χ0) is 19.0. The van der Waals surface area contributed by atoms with Gasteiger partial charge < -0.3 is 18.9 Å². The lowest BCUT2D eigenvalue weighted by Gasteiger charge is -2.23. The van der Waals surface area contributed by atoms with Gasteiger partial charge in [-0.15, -0.1) is 0 Å². The van der Waals surface area contributed by atoms with E-state index in [2.05, 4.69) is 28.0 Å². The maximum atomic E-state index is 13.4. The summed E-state index contributed by atoms with van der Waals surface area (Å²) in [4.78, 5) is 22.1. The van der Waals surface area contributed by atoms with Crippen LogP contribution >= 0.6 is 30.2 Å². The summed E-state index contributed by atoms with van der Waals surface area (Å²) in [5, 5.41) is 0. The van der Waals surface area contributed by atoms with Crippen molar-refractivity contribution in [3.8, 4) is 0 Å². The number of carbonyl (C=O) groups is 2. The van der Waals surface area contributed by atoms with Crippen molar-refractivity contribution in [2.45, 2.75) is 43.6 Å². The van der Waals surface area contributed by atoms with Crippen LogP contribution in [0, 0.1) is 0 Å². The van der Waals surface area contributed by atoms with Gasteiger partial charge in [-0.05, 0) is 43.4 Å². The molecule has 0 spiro atoms. The van der Waals surface area contributed by atoms with E-state index in [4.69, 9.17) is 0 Å². The first kappa shape index (κ1) is 23.3. The normalized spacial score (nSPS) is 15.3. The Morgan fingerprint density at radius 3 is 1.79 bits per heavy atom. The van der Waals surface area contributed by atoms with Crippen LogP contribution in [0.2, 0.25) is 0 Å². The molecule has 0 bridgehead atoms. The summed E-state index contributed by atoms with van der Waals surface area (Å²) in [7, 11) is -5.08. The summed E-state index contributed by atoms with van der Waals surface area (Å²) in [6, 6.07) is 0. The molecule has 0 saturated carbocycles. The second-order valence-electron chi connectivity index (χ2n) is 4.45. The number of hydrogen-bond donors (Lipinski definition) is 0. The Morgan fingerprint density at radius 1 is 1.04 bits per heavy atom. The van der Waals surface area contributed by atoms with Crippen molar-refractivity contribution in [2.24, 2.45) is 0 Å². The maximum absolute atomic E-state index is 13.4. The number of hydrogen-bond acceptors (Lipinski definition) is 9. The Kier molecular flexibility index (Phi) is 10.0. The van der Waals surface area contributed by atoms with Crippen molar-refractivity contribution in [2.75, 3.05) is 13.6 Å². The van der Waals surface area contributed by atoms with Gasteiger partial charge in [-0.3, -0.25) is 13.6 Å². The predicted octanol–water partition coefficient (Wildman–Crippen LogP) is 4.24. The van der Waals surface area contributed by atoms with Gasteiger partial charge in [0.15, 0.2) is 4.11 Å². The second kappa shape index (κ2) is 10.3. The van der Waals surface area contributed by atoms with E-state index in [-0.39, 0.29) is 6.92 Å². The van der Waals surface area contributed by atoms with Crippen LogP contribution in [0.15, 0.2) is 0 Å². The van der Waals surface area contributed by atoms with Crippen molar-refractivity contribution in [3.63, 3.8) is 0 Å². The highest BCUT2D eigenvalue weighted by Gasteiger charge is 2.50. The largest absolute Gasteiger partial charge is 0.511 e. The molecule has 0 rings (SSSR count). The van der Waals surface area contributed by atoms with Crippen molar-refractivity contribution in [3.05, 3.63) is 0 Å². The summed E-state index contributed by atoms with van der Waals surface area (Å²) >= 11 is 1.75. The van der Waals surface area contributed by atoms with Crippen LogP contribution < -0.4 is 0 Å². The van der Waals surface area contributed by atoms with E-state index >= 15 is 0 Å². The zero-order valence-electron chi connectivity index (χ0n) is 13.3. The third kappa shape index (κ3) is 9.55. The lowest BCUT2D eigenvalue weighted by molar-refractivity contribution is -0.0457. The van der Waals surface area contributed by atoms with Crippen molar-refractivity contribution in [1.82, 2.24) is 0 Å². The molecule has 0 aromatic rings. The molecule has 0 saturated heterocycles. The SMILES string of the molecule is CC(C)OC(=O)OCOP(=O)(OCOC(=O)OC(C)I)C(C)(F)F. The molecular formula is C11H18F2IO9P. The van der Waals surface area contributed by atoms with E-state index in [9.17, 15) is 22.9 Å². The monoisotopic (exact) mass is 490 g/mol. The molecule has 0 aliphatic carbocycles. The molecule has 0 heterocycles. The summed E-state index contributed by atoms with van der Waals surface area (Å²) in [6.07, 6.45) is -2.92. The molecule has 24 heavy (non-hydrogen) atoms. The molecule has 0 aromatic carbocycles. The fourth-order valence-electron chi connectivity index (χ4n) is 0.945. The van der Waals surface area contributed by atoms with Crippen molar-refractivity contribution >= 4 is 42.5 Å². The molecule has 0 aromatic heterocycles. The highest BCUT2D eigenvalue weighted by molar-refractivity contribution is 14.1. The summed E-state index contributed by atoms with van der Waals surface area (Å²) in [5.74, 6) is 0. The quantitative estimate of drug-likeness (QED) is 0.154. The van der Waals surface area contributed by atoms with Gasteiger partial charge in [0.25, 0.3) is 0 Å². The molecule has 0 radical (unpaired) electrons. The van der Waals surface area contributed by atoms with E-state index in [0.717, 1.165) is 0 Å². The van der Waals surface area contributed by atoms with Crippen LogP contribution in [0.5, 0.6) is 0 Å². The van der Waals surface area contributed by atoms with Crippen LogP contribution in [-0.4, -0.2) is 41.8 Å². The first-order valence-electron chi connectivity index (χ1n) is 6.45. The minimum absolute atomic E-state index is 0.269. The average molecular weight is 490 g/mol. The molecule has 13 heteroatoms. The molecule has 142 valence electrons. The summed E-state index contributed by atoms with van der Waals surface area (Å²) < 4.78 is 64.6. The fourth-order valence-corrected chi connectivity index (χ4v) is 2.06. The molecular weight excluding hydrogens is 472 g/mol. The fraction of sp³-hybridized carbons (Fsp3) is 0.818. The van der Waals surface area contributed by atoms with Crippen LogP contribution in [0.25, 0.3) is 0 Å². The van der Waals surface area contributed by atoms with Crippen LogP contribution in [0.1, 0.15) is 27.7 Å². The molecule has 0 fully saturated rings. The second-order valence-corrected chi connectivity index (χ2v) is 8.50. The Hall–Kier alpha value is -0.720. The van der Waals surface area contributed by atoms with Crippen LogP contribution in [0.3, 0.4) is 0 Å². The maximum Gasteiger partial charge on any atom is 0.511 e. The van der Waals surface area contributed by atoms with Crippen LogP contribution in [0.4, 0.5) is 18.4 Å². The Balaban J connectivity index is 4.50. The average Bonchev–Trinajstić information content (AvgIpc) is 2.35. The van der Waals surface area contributed by atoms with E-state index in [1.54, 1.807) is 22.6 Å². The van der Waals surface area contributed by atoms with Gasteiger partial charge in [0.1, 0.15) is 0 Å².